The summed E-state index contributed by atoms with van der Waals surface area (Å²) in [6, 6.07) is 63.0. The highest BCUT2D eigenvalue weighted by Crippen LogP contribution is 2.46. The molecule has 1 amide bonds. The van der Waals surface area contributed by atoms with Crippen LogP contribution in [0.1, 0.15) is 76.1 Å². The number of sulfonamides is 1. The van der Waals surface area contributed by atoms with Gasteiger partial charge in [0.25, 0.3) is 14.0 Å². The van der Waals surface area contributed by atoms with E-state index in [1.54, 1.807) is 0 Å². The van der Waals surface area contributed by atoms with Gasteiger partial charge in [-0.1, -0.05) is 213 Å². The zero-order chi connectivity index (χ0) is 54.1. The van der Waals surface area contributed by atoms with Crippen molar-refractivity contribution in [2.24, 2.45) is 0 Å². The second kappa shape index (κ2) is 23.9. The van der Waals surface area contributed by atoms with Gasteiger partial charge in [0.1, 0.15) is 11.2 Å². The lowest BCUT2D eigenvalue weighted by Crippen LogP contribution is -2.68. The van der Waals surface area contributed by atoms with E-state index >= 15 is 0 Å². The minimum absolute atomic E-state index is 0.102. The zero-order valence-corrected chi connectivity index (χ0v) is 47.2. The van der Waals surface area contributed by atoms with Crippen LogP contribution >= 0.6 is 15.9 Å². The number of carbonyl (C=O) groups is 1. The number of likely N-dealkylation sites (tertiary alicyclic amines) is 1. The van der Waals surface area contributed by atoms with Crippen molar-refractivity contribution in [2.45, 2.75) is 93.1 Å². The number of hydrogen-bond acceptors (Lipinski definition) is 9. The molecule has 8 rings (SSSR count). The Morgan fingerprint density at radius 1 is 0.684 bits per heavy atom. The number of ether oxygens (including phenoxy) is 2. The highest BCUT2D eigenvalue weighted by molar-refractivity contribution is 9.10. The molecular weight excluding hydrogens is 1060 g/mol. The highest BCUT2D eigenvalue weighted by atomic mass is 79.9. The van der Waals surface area contributed by atoms with Crippen LogP contribution in [0.15, 0.2) is 210 Å². The molecule has 7 aromatic carbocycles. The molecule has 0 radical (unpaired) electrons. The van der Waals surface area contributed by atoms with Gasteiger partial charge in [0.15, 0.2) is 4.90 Å². The summed E-state index contributed by atoms with van der Waals surface area (Å²) in [7, 11) is -7.52. The fourth-order valence-corrected chi connectivity index (χ4v) is 16.9. The minimum Gasteiger partial charge on any atom is -0.444 e. The minimum atomic E-state index is -4.41. The second-order valence-electron chi connectivity index (χ2n) is 21.2. The standard InChI is InChI=1S/C61H67BrN4O8SSi/c1-59(2,3)74-58(67)64-50(43-73-76(60(4,5)6,51-30-18-10-19-31-51)52-32-20-11-21-33-52)40-41-65-54(42-63-75(70,71)56-35-23-22-34-53(56)66(68)69)57(45-36-38-49(62)39-37-45)55(65)44-72-61(46-24-12-7-13-25-46,47-26-14-8-15-27-47)48-28-16-9-17-29-48/h7-39,50,54-55,57,63H,40-44H2,1-6H3,(H,64,67)/t50-,54-,55+,57+/m0/s1. The van der Waals surface area contributed by atoms with E-state index in [0.29, 0.717) is 13.0 Å². The normalized spacial score (nSPS) is 16.8. The molecule has 0 spiro atoms. The Morgan fingerprint density at radius 2 is 1.16 bits per heavy atom. The van der Waals surface area contributed by atoms with E-state index in [1.807, 2.05) is 136 Å². The van der Waals surface area contributed by atoms with E-state index in [2.05, 4.69) is 112 Å². The number of nitro benzene ring substituents is 1. The van der Waals surface area contributed by atoms with E-state index < -0.39 is 63.2 Å². The number of nitro groups is 1. The van der Waals surface area contributed by atoms with E-state index in [1.165, 1.54) is 24.3 Å². The molecule has 12 nitrogen and oxygen atoms in total. The molecular formula is C61H67BrN4O8SSi. The van der Waals surface area contributed by atoms with Gasteiger partial charge in [-0.25, -0.2) is 17.9 Å². The van der Waals surface area contributed by atoms with Crippen molar-refractivity contribution in [1.82, 2.24) is 14.9 Å². The smallest absolute Gasteiger partial charge is 0.407 e. The SMILES string of the molecule is CC(C)(C)OC(=O)N[C@@H](CCN1[C@H](COC(c2ccccc2)(c2ccccc2)c2ccccc2)[C@H](c2ccc(Br)cc2)[C@@H]1CNS(=O)(=O)c1ccccc1[N+](=O)[O-])CO[Si](c1ccccc1)(c1ccccc1)C(C)(C)C. The monoisotopic (exact) mass is 1120 g/mol. The molecule has 76 heavy (non-hydrogen) atoms. The molecule has 15 heteroatoms. The number of halogens is 1. The Kier molecular flexibility index (Phi) is 17.6. The first-order valence-electron chi connectivity index (χ1n) is 25.6. The summed E-state index contributed by atoms with van der Waals surface area (Å²) < 4.78 is 53.2. The maximum Gasteiger partial charge on any atom is 0.407 e. The molecule has 0 aromatic heterocycles. The Bertz CT molecular complexity index is 2990. The summed E-state index contributed by atoms with van der Waals surface area (Å²) in [4.78, 5) is 27.3. The first-order valence-corrected chi connectivity index (χ1v) is 29.8. The number of rotatable bonds is 21. The number of nitrogens with zero attached hydrogens (tertiary/aromatic N) is 2. The van der Waals surface area contributed by atoms with Crippen molar-refractivity contribution in [3.05, 3.63) is 237 Å². The summed E-state index contributed by atoms with van der Waals surface area (Å²) in [5.41, 5.74) is 1.34. The second-order valence-corrected chi connectivity index (χ2v) is 28.2. The molecule has 0 aliphatic carbocycles. The van der Waals surface area contributed by atoms with Crippen LogP contribution in [0.25, 0.3) is 0 Å². The van der Waals surface area contributed by atoms with Gasteiger partial charge in [0.05, 0.1) is 24.2 Å². The lowest BCUT2D eigenvalue weighted by atomic mass is 9.74. The molecule has 0 bridgehead atoms. The molecule has 4 atom stereocenters. The number of nitrogens with one attached hydrogen (secondary N) is 2. The number of amides is 1. The van der Waals surface area contributed by atoms with Gasteiger partial charge in [-0.3, -0.25) is 15.0 Å². The molecule has 7 aromatic rings. The van der Waals surface area contributed by atoms with Crippen LogP contribution in [0.3, 0.4) is 0 Å². The Morgan fingerprint density at radius 3 is 1.63 bits per heavy atom. The molecule has 0 unspecified atom stereocenters. The van der Waals surface area contributed by atoms with Crippen LogP contribution in [-0.2, 0) is 29.5 Å². The Labute approximate surface area is 457 Å². The quantitative estimate of drug-likeness (QED) is 0.0310. The van der Waals surface area contributed by atoms with Crippen LogP contribution in [0.4, 0.5) is 10.5 Å². The maximum atomic E-state index is 14.3. The van der Waals surface area contributed by atoms with E-state index in [-0.39, 0.29) is 36.8 Å². The maximum absolute atomic E-state index is 14.3. The molecule has 396 valence electrons. The van der Waals surface area contributed by atoms with Gasteiger partial charge in [0.2, 0.25) is 10.0 Å². The van der Waals surface area contributed by atoms with Crippen LogP contribution in [-0.4, -0.2) is 82.7 Å². The van der Waals surface area contributed by atoms with Gasteiger partial charge in [-0.2, -0.15) is 0 Å². The van der Waals surface area contributed by atoms with Gasteiger partial charge in [-0.15, -0.1) is 0 Å². The predicted octanol–water partition coefficient (Wildman–Crippen LogP) is 11.3. The van der Waals surface area contributed by atoms with Gasteiger partial charge in [-0.05, 0) is 83.1 Å². The van der Waals surface area contributed by atoms with Gasteiger partial charge >= 0.3 is 6.09 Å². The number of alkyl carbamates (subject to hydrolysis) is 1. The van der Waals surface area contributed by atoms with Crippen LogP contribution in [0.5, 0.6) is 0 Å². The highest BCUT2D eigenvalue weighted by Gasteiger charge is 2.53. The summed E-state index contributed by atoms with van der Waals surface area (Å²) in [5.74, 6) is -0.313. The van der Waals surface area contributed by atoms with E-state index in [0.717, 1.165) is 37.1 Å². The van der Waals surface area contributed by atoms with Crippen molar-refractivity contribution in [3.63, 3.8) is 0 Å². The fourth-order valence-electron chi connectivity index (χ4n) is 10.8. The van der Waals surface area contributed by atoms with Crippen molar-refractivity contribution in [3.8, 4) is 0 Å². The molecule has 1 aliphatic heterocycles. The van der Waals surface area contributed by atoms with Crippen LogP contribution in [0.2, 0.25) is 5.04 Å². The van der Waals surface area contributed by atoms with Crippen LogP contribution in [0, 0.1) is 10.1 Å². The molecule has 1 heterocycles. The average molecular weight is 1120 g/mol. The van der Waals surface area contributed by atoms with Crippen molar-refractivity contribution in [2.75, 3.05) is 26.3 Å². The van der Waals surface area contributed by atoms with Crippen LogP contribution < -0.4 is 20.4 Å². The molecule has 1 aliphatic rings. The van der Waals surface area contributed by atoms with Gasteiger partial charge < -0.3 is 19.2 Å². The lowest BCUT2D eigenvalue weighted by molar-refractivity contribution is -0.387. The van der Waals surface area contributed by atoms with Gasteiger partial charge in [0, 0.05) is 41.6 Å². The van der Waals surface area contributed by atoms with E-state index in [9.17, 15) is 23.3 Å². The molecule has 0 saturated carbocycles. The number of hydrogen-bond donors (Lipinski definition) is 2. The molecule has 2 N–H and O–H groups in total. The fraction of sp³-hybridized carbons (Fsp3) is 0.295. The third-order valence-corrected chi connectivity index (χ3v) is 21.2. The van der Waals surface area contributed by atoms with Crippen molar-refractivity contribution in [1.29, 1.82) is 0 Å². The third kappa shape index (κ3) is 12.4. The third-order valence-electron chi connectivity index (χ3n) is 14.2. The molecule has 1 fully saturated rings. The first kappa shape index (κ1) is 55.9. The van der Waals surface area contributed by atoms with Crippen molar-refractivity contribution >= 4 is 56.4 Å². The molecule has 1 saturated heterocycles. The lowest BCUT2D eigenvalue weighted by Gasteiger charge is -2.56. The first-order chi connectivity index (χ1) is 36.3. The number of para-hydroxylation sites is 1. The number of carbonyl (C=O) groups excluding carboxylic acids is 1. The zero-order valence-electron chi connectivity index (χ0n) is 43.8. The topological polar surface area (TPSA) is 149 Å². The number of benzene rings is 7. The average Bonchev–Trinajstić information content (AvgIpc) is 3.42. The summed E-state index contributed by atoms with van der Waals surface area (Å²) in [5, 5.41) is 17.2. The van der Waals surface area contributed by atoms with Crippen molar-refractivity contribution < 1.29 is 32.0 Å². The Balaban J connectivity index is 1.22. The summed E-state index contributed by atoms with van der Waals surface area (Å²) in [6.45, 7) is 12.6. The Hall–Kier alpha value is -6.30. The largest absolute Gasteiger partial charge is 0.444 e. The predicted molar refractivity (Wildman–Crippen MR) is 306 cm³/mol. The summed E-state index contributed by atoms with van der Waals surface area (Å²) >= 11 is 3.63. The summed E-state index contributed by atoms with van der Waals surface area (Å²) in [6.07, 6.45) is -0.234. The van der Waals surface area contributed by atoms with E-state index in [4.69, 9.17) is 13.9 Å².